The molecule has 0 spiro atoms. The van der Waals surface area contributed by atoms with Crippen molar-refractivity contribution in [3.05, 3.63) is 18.1 Å². The summed E-state index contributed by atoms with van der Waals surface area (Å²) in [7, 11) is -2.93. The number of rotatable bonds is 4. The number of likely N-dealkylation sites (tertiary alicyclic amines) is 1. The fourth-order valence-corrected chi connectivity index (χ4v) is 5.14. The summed E-state index contributed by atoms with van der Waals surface area (Å²) in [6.45, 7) is 2.88. The Kier molecular flexibility index (Phi) is 5.03. The van der Waals surface area contributed by atoms with E-state index in [2.05, 4.69) is 22.2 Å². The summed E-state index contributed by atoms with van der Waals surface area (Å²) in [5, 5.41) is 3.08. The maximum atomic E-state index is 12.6. The Labute approximate surface area is 142 Å². The molecule has 1 aromatic heterocycles. The molecule has 2 unspecified atom stereocenters. The first kappa shape index (κ1) is 17.1. The van der Waals surface area contributed by atoms with E-state index in [0.717, 1.165) is 25.8 Å². The molecule has 0 aromatic carbocycles. The molecule has 0 bridgehead atoms. The minimum atomic E-state index is -2.93. The standard InChI is InChI=1S/C16H24N4O3S/c1-2-13-5-3-4-7-20(13)16(21)14-9-18-15(10-17-14)19-12-6-8-24(22,23)11-12/h9-10,12-13H,2-8,11H2,1H3,(H,18,19). The lowest BCUT2D eigenvalue weighted by Crippen LogP contribution is -2.43. The highest BCUT2D eigenvalue weighted by molar-refractivity contribution is 7.91. The van der Waals surface area contributed by atoms with Crippen LogP contribution in [0.2, 0.25) is 0 Å². The van der Waals surface area contributed by atoms with Gasteiger partial charge in [0, 0.05) is 18.6 Å². The number of amides is 1. The topological polar surface area (TPSA) is 92.3 Å². The molecule has 24 heavy (non-hydrogen) atoms. The summed E-state index contributed by atoms with van der Waals surface area (Å²) in [6, 6.07) is 0.159. The molecule has 1 N–H and O–H groups in total. The van der Waals surface area contributed by atoms with Crippen molar-refractivity contribution in [2.24, 2.45) is 0 Å². The molecule has 0 aliphatic carbocycles. The van der Waals surface area contributed by atoms with Crippen LogP contribution in [0.4, 0.5) is 5.82 Å². The number of aromatic nitrogens is 2. The smallest absolute Gasteiger partial charge is 0.274 e. The van der Waals surface area contributed by atoms with E-state index in [1.165, 1.54) is 18.8 Å². The van der Waals surface area contributed by atoms with Gasteiger partial charge in [0.2, 0.25) is 0 Å². The predicted molar refractivity (Wildman–Crippen MR) is 91.7 cm³/mol. The van der Waals surface area contributed by atoms with Crippen LogP contribution in [-0.4, -0.2) is 59.3 Å². The Morgan fingerprint density at radius 3 is 2.75 bits per heavy atom. The van der Waals surface area contributed by atoms with E-state index in [4.69, 9.17) is 0 Å². The number of nitrogens with zero attached hydrogens (tertiary/aromatic N) is 3. The highest BCUT2D eigenvalue weighted by Crippen LogP contribution is 2.21. The second-order valence-electron chi connectivity index (χ2n) is 6.59. The molecule has 132 valence electrons. The molecule has 0 saturated carbocycles. The van der Waals surface area contributed by atoms with Crippen molar-refractivity contribution < 1.29 is 13.2 Å². The summed E-state index contributed by atoms with van der Waals surface area (Å²) >= 11 is 0. The number of nitrogens with one attached hydrogen (secondary N) is 1. The third-order valence-electron chi connectivity index (χ3n) is 4.81. The van der Waals surface area contributed by atoms with Crippen molar-refractivity contribution >= 4 is 21.6 Å². The van der Waals surface area contributed by atoms with Gasteiger partial charge in [-0.1, -0.05) is 6.92 Å². The van der Waals surface area contributed by atoms with Crippen LogP contribution in [0.25, 0.3) is 0 Å². The van der Waals surface area contributed by atoms with Gasteiger partial charge in [0.15, 0.2) is 9.84 Å². The summed E-state index contributed by atoms with van der Waals surface area (Å²) < 4.78 is 23.0. The molecule has 3 heterocycles. The average Bonchev–Trinajstić information content (AvgIpc) is 2.93. The van der Waals surface area contributed by atoms with Crippen molar-refractivity contribution in [2.45, 2.75) is 51.1 Å². The van der Waals surface area contributed by atoms with Gasteiger partial charge in [-0.25, -0.2) is 18.4 Å². The van der Waals surface area contributed by atoms with Gasteiger partial charge in [0.05, 0.1) is 23.9 Å². The SMILES string of the molecule is CCC1CCCCN1C(=O)c1cnc(NC2CCS(=O)(=O)C2)cn1. The van der Waals surface area contributed by atoms with Crippen LogP contribution < -0.4 is 5.32 Å². The van der Waals surface area contributed by atoms with Crippen LogP contribution in [0.1, 0.15) is 49.5 Å². The van der Waals surface area contributed by atoms with Crippen molar-refractivity contribution in [3.8, 4) is 0 Å². The zero-order chi connectivity index (χ0) is 17.2. The van der Waals surface area contributed by atoms with Crippen molar-refractivity contribution in [2.75, 3.05) is 23.4 Å². The third kappa shape index (κ3) is 3.85. The largest absolute Gasteiger partial charge is 0.365 e. The predicted octanol–water partition coefficient (Wildman–Crippen LogP) is 1.48. The van der Waals surface area contributed by atoms with Gasteiger partial charge in [-0.05, 0) is 32.1 Å². The Morgan fingerprint density at radius 1 is 1.29 bits per heavy atom. The van der Waals surface area contributed by atoms with E-state index < -0.39 is 9.84 Å². The molecule has 7 nitrogen and oxygen atoms in total. The maximum absolute atomic E-state index is 12.6. The fraction of sp³-hybridized carbons (Fsp3) is 0.688. The highest BCUT2D eigenvalue weighted by Gasteiger charge is 2.29. The number of hydrogen-bond donors (Lipinski definition) is 1. The number of carbonyl (C=O) groups is 1. The number of sulfone groups is 1. The Balaban J connectivity index is 1.64. The van der Waals surface area contributed by atoms with Gasteiger partial charge >= 0.3 is 0 Å². The quantitative estimate of drug-likeness (QED) is 0.882. The van der Waals surface area contributed by atoms with Crippen LogP contribution in [0.15, 0.2) is 12.4 Å². The Hall–Kier alpha value is -1.70. The normalized spacial score (nSPS) is 26.3. The van der Waals surface area contributed by atoms with Crippen LogP contribution in [0, 0.1) is 0 Å². The number of carbonyl (C=O) groups excluding carboxylic acids is 1. The molecular weight excluding hydrogens is 328 g/mol. The van der Waals surface area contributed by atoms with Gasteiger partial charge < -0.3 is 10.2 Å². The van der Waals surface area contributed by atoms with E-state index >= 15 is 0 Å². The molecule has 1 amide bonds. The first-order chi connectivity index (χ1) is 11.5. The van der Waals surface area contributed by atoms with Gasteiger partial charge in [-0.3, -0.25) is 4.79 Å². The summed E-state index contributed by atoms with van der Waals surface area (Å²) in [4.78, 5) is 23.0. The third-order valence-corrected chi connectivity index (χ3v) is 6.58. The van der Waals surface area contributed by atoms with Crippen LogP contribution in [0.5, 0.6) is 0 Å². The van der Waals surface area contributed by atoms with Crippen molar-refractivity contribution in [1.29, 1.82) is 0 Å². The Morgan fingerprint density at radius 2 is 2.12 bits per heavy atom. The highest BCUT2D eigenvalue weighted by atomic mass is 32.2. The molecule has 0 radical (unpaired) electrons. The molecule has 3 rings (SSSR count). The number of piperidine rings is 1. The molecule has 1 aromatic rings. The van der Waals surface area contributed by atoms with Crippen molar-refractivity contribution in [3.63, 3.8) is 0 Å². The first-order valence-corrected chi connectivity index (χ1v) is 10.4. The van der Waals surface area contributed by atoms with E-state index in [9.17, 15) is 13.2 Å². The summed E-state index contributed by atoms with van der Waals surface area (Å²) in [5.41, 5.74) is 0.347. The number of anilines is 1. The number of hydrogen-bond acceptors (Lipinski definition) is 6. The Bertz CT molecular complexity index is 690. The average molecular weight is 352 g/mol. The van der Waals surface area contributed by atoms with Crippen LogP contribution >= 0.6 is 0 Å². The zero-order valence-electron chi connectivity index (χ0n) is 13.9. The molecule has 2 aliphatic rings. The molecule has 2 atom stereocenters. The van der Waals surface area contributed by atoms with Gasteiger partial charge in [-0.2, -0.15) is 0 Å². The fourth-order valence-electron chi connectivity index (χ4n) is 3.47. The van der Waals surface area contributed by atoms with Crippen molar-refractivity contribution in [1.82, 2.24) is 14.9 Å². The van der Waals surface area contributed by atoms with Gasteiger partial charge in [0.1, 0.15) is 11.5 Å². The van der Waals surface area contributed by atoms with E-state index in [1.807, 2.05) is 4.90 Å². The van der Waals surface area contributed by atoms with E-state index in [1.54, 1.807) is 0 Å². The summed E-state index contributed by atoms with van der Waals surface area (Å²) in [6.07, 6.45) is 7.78. The molecule has 2 fully saturated rings. The maximum Gasteiger partial charge on any atom is 0.274 e. The molecule has 8 heteroatoms. The second kappa shape index (κ2) is 7.04. The zero-order valence-corrected chi connectivity index (χ0v) is 14.8. The molecular formula is C16H24N4O3S. The van der Waals surface area contributed by atoms with Gasteiger partial charge in [0.25, 0.3) is 5.91 Å². The lowest BCUT2D eigenvalue weighted by molar-refractivity contribution is 0.0601. The minimum Gasteiger partial charge on any atom is -0.365 e. The van der Waals surface area contributed by atoms with Crippen LogP contribution in [-0.2, 0) is 9.84 Å². The lowest BCUT2D eigenvalue weighted by Gasteiger charge is -2.34. The first-order valence-electron chi connectivity index (χ1n) is 8.58. The lowest BCUT2D eigenvalue weighted by atomic mass is 10.00. The molecule has 2 aliphatic heterocycles. The molecule has 2 saturated heterocycles. The summed E-state index contributed by atoms with van der Waals surface area (Å²) in [5.74, 6) is 0.784. The second-order valence-corrected chi connectivity index (χ2v) is 8.82. The van der Waals surface area contributed by atoms with Gasteiger partial charge in [-0.15, -0.1) is 0 Å². The van der Waals surface area contributed by atoms with E-state index in [0.29, 0.717) is 17.9 Å². The minimum absolute atomic E-state index is 0.0657. The monoisotopic (exact) mass is 352 g/mol. The van der Waals surface area contributed by atoms with E-state index in [-0.39, 0.29) is 29.5 Å². The van der Waals surface area contributed by atoms with Crippen LogP contribution in [0.3, 0.4) is 0 Å².